The molecule has 3 rings (SSSR count). The van der Waals surface area contributed by atoms with Crippen LogP contribution in [0.5, 0.6) is 0 Å². The van der Waals surface area contributed by atoms with Crippen molar-refractivity contribution in [2.24, 2.45) is 0 Å². The molecule has 0 aliphatic carbocycles. The van der Waals surface area contributed by atoms with Gasteiger partial charge in [-0.15, -0.1) is 0 Å². The number of benzene rings is 2. The maximum Gasteiger partial charge on any atom is 0.299 e. The van der Waals surface area contributed by atoms with Crippen molar-refractivity contribution < 1.29 is 14.6 Å². The number of nitrogens with one attached hydrogen (secondary N) is 2. The van der Waals surface area contributed by atoms with Gasteiger partial charge in [-0.2, -0.15) is 0 Å². The van der Waals surface area contributed by atoms with E-state index in [4.69, 9.17) is 0 Å². The number of anilines is 2. The first-order valence-electron chi connectivity index (χ1n) is 8.41. The van der Waals surface area contributed by atoms with Crippen molar-refractivity contribution in [1.82, 2.24) is 4.98 Å². The van der Waals surface area contributed by atoms with Crippen molar-refractivity contribution in [3.8, 4) is 0 Å². The minimum atomic E-state index is -0.688. The Kier molecular flexibility index (Phi) is 5.74. The molecule has 146 valence electrons. The summed E-state index contributed by atoms with van der Waals surface area (Å²) in [5.74, 6) is -0.276. The molecule has 10 nitrogen and oxygen atoms in total. The molecule has 2 N–H and O–H groups in total. The van der Waals surface area contributed by atoms with Crippen LogP contribution in [-0.2, 0) is 6.54 Å². The van der Waals surface area contributed by atoms with Gasteiger partial charge >= 0.3 is 0 Å². The van der Waals surface area contributed by atoms with E-state index in [1.165, 1.54) is 12.1 Å². The van der Waals surface area contributed by atoms with Crippen LogP contribution in [0, 0.1) is 20.2 Å². The van der Waals surface area contributed by atoms with Crippen molar-refractivity contribution >= 4 is 28.7 Å². The van der Waals surface area contributed by atoms with Gasteiger partial charge in [0.1, 0.15) is 5.69 Å². The summed E-state index contributed by atoms with van der Waals surface area (Å²) in [5.41, 5.74) is 1.28. The fraction of sp³-hybridized carbons (Fsp3) is 0.0526. The summed E-state index contributed by atoms with van der Waals surface area (Å²) in [6.45, 7) is 0.241. The van der Waals surface area contributed by atoms with Crippen LogP contribution in [0.4, 0.5) is 22.7 Å². The molecule has 10 heteroatoms. The Morgan fingerprint density at radius 3 is 2.24 bits per heavy atom. The topological polar surface area (TPSA) is 140 Å². The smallest absolute Gasteiger partial charge is 0.299 e. The average Bonchev–Trinajstić information content (AvgIpc) is 2.73. The van der Waals surface area contributed by atoms with E-state index in [1.807, 2.05) is 0 Å². The van der Waals surface area contributed by atoms with Gasteiger partial charge in [-0.25, -0.2) is 0 Å². The molecule has 0 fully saturated rings. The Balaban J connectivity index is 1.67. The summed E-state index contributed by atoms with van der Waals surface area (Å²) in [7, 11) is 0. The maximum absolute atomic E-state index is 12.2. The Morgan fingerprint density at radius 1 is 0.931 bits per heavy atom. The summed E-state index contributed by atoms with van der Waals surface area (Å²) >= 11 is 0. The van der Waals surface area contributed by atoms with E-state index < -0.39 is 9.85 Å². The van der Waals surface area contributed by atoms with Crippen LogP contribution in [0.2, 0.25) is 0 Å². The van der Waals surface area contributed by atoms with Gasteiger partial charge in [-0.1, -0.05) is 12.1 Å². The standard InChI is InChI=1S/C19H15N5O5/c25-19(22-15-7-9-20-10-8-15)14-3-1-13(2-4-14)12-21-17-6-5-16(23(26)27)11-18(17)24(28)29/h1-11,21H,12H2,(H,20,22,25). The van der Waals surface area contributed by atoms with E-state index in [0.717, 1.165) is 11.6 Å². The average molecular weight is 393 g/mol. The fourth-order valence-corrected chi connectivity index (χ4v) is 2.54. The molecule has 3 aromatic rings. The minimum Gasteiger partial charge on any atom is -0.375 e. The predicted molar refractivity (Wildman–Crippen MR) is 106 cm³/mol. The highest BCUT2D eigenvalue weighted by atomic mass is 16.6. The van der Waals surface area contributed by atoms with Crippen LogP contribution < -0.4 is 10.6 Å². The zero-order chi connectivity index (χ0) is 20.8. The molecule has 0 radical (unpaired) electrons. The van der Waals surface area contributed by atoms with E-state index >= 15 is 0 Å². The number of rotatable bonds is 7. The molecule has 1 aromatic heterocycles. The highest BCUT2D eigenvalue weighted by Gasteiger charge is 2.19. The lowest BCUT2D eigenvalue weighted by Crippen LogP contribution is -2.12. The number of nitrogens with zero attached hydrogens (tertiary/aromatic N) is 3. The Bertz CT molecular complexity index is 1050. The zero-order valence-corrected chi connectivity index (χ0v) is 14.9. The number of carbonyl (C=O) groups is 1. The fourth-order valence-electron chi connectivity index (χ4n) is 2.54. The zero-order valence-electron chi connectivity index (χ0n) is 14.9. The highest BCUT2D eigenvalue weighted by molar-refractivity contribution is 6.04. The lowest BCUT2D eigenvalue weighted by molar-refractivity contribution is -0.393. The Hall–Kier alpha value is -4.34. The van der Waals surface area contributed by atoms with Crippen molar-refractivity contribution in [2.45, 2.75) is 6.54 Å². The van der Waals surface area contributed by atoms with E-state index in [2.05, 4.69) is 15.6 Å². The first-order chi connectivity index (χ1) is 13.9. The molecular formula is C19H15N5O5. The largest absolute Gasteiger partial charge is 0.375 e. The van der Waals surface area contributed by atoms with Crippen molar-refractivity contribution in [3.63, 3.8) is 0 Å². The molecule has 0 atom stereocenters. The Labute approximate surface area is 164 Å². The first kappa shape index (κ1) is 19.4. The number of amides is 1. The van der Waals surface area contributed by atoms with Crippen molar-refractivity contribution in [1.29, 1.82) is 0 Å². The van der Waals surface area contributed by atoms with Gasteiger partial charge in [-0.3, -0.25) is 30.0 Å². The van der Waals surface area contributed by atoms with E-state index in [0.29, 0.717) is 11.3 Å². The van der Waals surface area contributed by atoms with E-state index in [9.17, 15) is 25.0 Å². The second-order valence-electron chi connectivity index (χ2n) is 5.96. The van der Waals surface area contributed by atoms with Gasteiger partial charge in [0.2, 0.25) is 0 Å². The van der Waals surface area contributed by atoms with Gasteiger partial charge in [-0.05, 0) is 35.9 Å². The van der Waals surface area contributed by atoms with E-state index in [-0.39, 0.29) is 29.5 Å². The summed E-state index contributed by atoms with van der Waals surface area (Å²) in [4.78, 5) is 36.7. The monoisotopic (exact) mass is 393 g/mol. The third kappa shape index (κ3) is 4.89. The molecule has 0 unspecified atom stereocenters. The molecule has 1 amide bonds. The number of pyridine rings is 1. The van der Waals surface area contributed by atoms with Crippen LogP contribution in [-0.4, -0.2) is 20.7 Å². The SMILES string of the molecule is O=C(Nc1ccncc1)c1ccc(CNc2ccc([N+](=O)[O-])cc2[N+](=O)[O-])cc1. The Morgan fingerprint density at radius 2 is 1.62 bits per heavy atom. The van der Waals surface area contributed by atoms with Crippen LogP contribution in [0.1, 0.15) is 15.9 Å². The van der Waals surface area contributed by atoms with Gasteiger partial charge in [0.05, 0.1) is 15.9 Å². The molecule has 0 spiro atoms. The summed E-state index contributed by atoms with van der Waals surface area (Å²) < 4.78 is 0. The lowest BCUT2D eigenvalue weighted by atomic mass is 10.1. The number of carbonyl (C=O) groups excluding carboxylic acids is 1. The number of hydrogen-bond acceptors (Lipinski definition) is 7. The minimum absolute atomic E-state index is 0.167. The van der Waals surface area contributed by atoms with Crippen molar-refractivity contribution in [3.05, 3.63) is 98.3 Å². The molecule has 0 bridgehead atoms. The van der Waals surface area contributed by atoms with Crippen LogP contribution in [0.25, 0.3) is 0 Å². The first-order valence-corrected chi connectivity index (χ1v) is 8.41. The number of hydrogen-bond donors (Lipinski definition) is 2. The summed E-state index contributed by atoms with van der Waals surface area (Å²) in [5, 5.41) is 27.6. The number of nitro groups is 2. The molecular weight excluding hydrogens is 378 g/mol. The molecule has 0 saturated heterocycles. The van der Waals surface area contributed by atoms with Gasteiger partial charge in [0, 0.05) is 36.3 Å². The molecule has 0 aliphatic rings. The molecule has 29 heavy (non-hydrogen) atoms. The third-order valence-electron chi connectivity index (χ3n) is 4.03. The predicted octanol–water partition coefficient (Wildman–Crippen LogP) is 3.76. The van der Waals surface area contributed by atoms with Gasteiger partial charge in [0.15, 0.2) is 0 Å². The van der Waals surface area contributed by atoms with Crippen LogP contribution in [0.3, 0.4) is 0 Å². The molecule has 2 aromatic carbocycles. The molecule has 0 aliphatic heterocycles. The molecule has 1 heterocycles. The number of nitro benzene ring substituents is 2. The number of aromatic nitrogens is 1. The van der Waals surface area contributed by atoms with E-state index in [1.54, 1.807) is 48.8 Å². The quantitative estimate of drug-likeness (QED) is 0.460. The summed E-state index contributed by atoms with van der Waals surface area (Å²) in [6, 6.07) is 13.5. The second-order valence-corrected chi connectivity index (χ2v) is 5.96. The van der Waals surface area contributed by atoms with Gasteiger partial charge in [0.25, 0.3) is 17.3 Å². The lowest BCUT2D eigenvalue weighted by Gasteiger charge is -2.09. The van der Waals surface area contributed by atoms with Crippen LogP contribution >= 0.6 is 0 Å². The summed E-state index contributed by atoms with van der Waals surface area (Å²) in [6.07, 6.45) is 3.14. The second kappa shape index (κ2) is 8.57. The normalized spacial score (nSPS) is 10.2. The number of non-ortho nitro benzene ring substituents is 1. The maximum atomic E-state index is 12.2. The third-order valence-corrected chi connectivity index (χ3v) is 4.03. The molecule has 0 saturated carbocycles. The highest BCUT2D eigenvalue weighted by Crippen LogP contribution is 2.29. The van der Waals surface area contributed by atoms with Crippen LogP contribution in [0.15, 0.2) is 67.0 Å². The van der Waals surface area contributed by atoms with Crippen molar-refractivity contribution in [2.75, 3.05) is 10.6 Å². The van der Waals surface area contributed by atoms with Gasteiger partial charge < -0.3 is 10.6 Å².